The van der Waals surface area contributed by atoms with Gasteiger partial charge in [-0.15, -0.1) is 0 Å². The normalized spacial score (nSPS) is 16.8. The molecule has 3 aromatic rings. The fourth-order valence-electron chi connectivity index (χ4n) is 4.11. The van der Waals surface area contributed by atoms with Crippen LogP contribution in [0.25, 0.3) is 11.0 Å². The van der Waals surface area contributed by atoms with E-state index in [1.54, 1.807) is 6.20 Å². The van der Waals surface area contributed by atoms with E-state index in [0.29, 0.717) is 23.0 Å². The lowest BCUT2D eigenvalue weighted by atomic mass is 9.99. The molecule has 0 spiro atoms. The number of carbonyl (C=O) groups is 1. The molecule has 0 radical (unpaired) electrons. The molecule has 5 heteroatoms. The maximum Gasteiger partial charge on any atom is 0.257 e. The Morgan fingerprint density at radius 3 is 2.63 bits per heavy atom. The van der Waals surface area contributed by atoms with Crippen LogP contribution in [0.4, 0.5) is 11.4 Å². The van der Waals surface area contributed by atoms with Crippen molar-refractivity contribution in [2.24, 2.45) is 5.92 Å². The summed E-state index contributed by atoms with van der Waals surface area (Å²) < 4.78 is 0. The van der Waals surface area contributed by atoms with E-state index in [0.717, 1.165) is 42.0 Å². The van der Waals surface area contributed by atoms with Gasteiger partial charge in [-0.1, -0.05) is 32.9 Å². The second-order valence-electron chi connectivity index (χ2n) is 8.77. The number of piperidine rings is 1. The highest BCUT2D eigenvalue weighted by atomic mass is 16.2. The van der Waals surface area contributed by atoms with Gasteiger partial charge in [0.1, 0.15) is 0 Å². The molecule has 1 aromatic carbocycles. The van der Waals surface area contributed by atoms with Gasteiger partial charge in [-0.05, 0) is 61.4 Å². The molecule has 0 saturated carbocycles. The standard InChI is InChI=1S/C25H30N4O/c1-16(2)19-8-10-20(11-9-19)28-23-21-12-7-18(4)27-24(21)26-14-22(23)25(30)29-13-5-6-17(3)15-29/h7-12,14,16-17H,5-6,13,15H2,1-4H3,(H,26,27,28)/t17-/m0/s1. The van der Waals surface area contributed by atoms with E-state index in [1.165, 1.54) is 12.0 Å². The molecule has 1 atom stereocenters. The van der Waals surface area contributed by atoms with Gasteiger partial charge in [-0.3, -0.25) is 4.79 Å². The van der Waals surface area contributed by atoms with E-state index in [-0.39, 0.29) is 5.91 Å². The van der Waals surface area contributed by atoms with Crippen molar-refractivity contribution in [2.75, 3.05) is 18.4 Å². The molecular weight excluding hydrogens is 372 g/mol. The van der Waals surface area contributed by atoms with Crippen molar-refractivity contribution in [1.82, 2.24) is 14.9 Å². The van der Waals surface area contributed by atoms with Crippen LogP contribution in [0.3, 0.4) is 0 Å². The molecular formula is C25H30N4O. The second kappa shape index (κ2) is 8.42. The minimum Gasteiger partial charge on any atom is -0.354 e. The van der Waals surface area contributed by atoms with Crippen molar-refractivity contribution in [3.05, 3.63) is 59.4 Å². The molecule has 1 amide bonds. The van der Waals surface area contributed by atoms with Gasteiger partial charge in [-0.25, -0.2) is 9.97 Å². The van der Waals surface area contributed by atoms with Crippen molar-refractivity contribution in [1.29, 1.82) is 0 Å². The lowest BCUT2D eigenvalue weighted by molar-refractivity contribution is 0.0684. The predicted octanol–water partition coefficient (Wildman–Crippen LogP) is 5.68. The van der Waals surface area contributed by atoms with E-state index in [2.05, 4.69) is 60.3 Å². The number of aromatic nitrogens is 2. The maximum absolute atomic E-state index is 13.4. The van der Waals surface area contributed by atoms with E-state index in [1.807, 2.05) is 24.0 Å². The van der Waals surface area contributed by atoms with Gasteiger partial charge in [-0.2, -0.15) is 0 Å². The molecule has 3 heterocycles. The number of hydrogen-bond donors (Lipinski definition) is 1. The first-order valence-corrected chi connectivity index (χ1v) is 10.8. The Morgan fingerprint density at radius 2 is 1.93 bits per heavy atom. The summed E-state index contributed by atoms with van der Waals surface area (Å²) in [6, 6.07) is 12.4. The molecule has 0 bridgehead atoms. The molecule has 1 fully saturated rings. The summed E-state index contributed by atoms with van der Waals surface area (Å²) in [7, 11) is 0. The average Bonchev–Trinajstić information content (AvgIpc) is 2.73. The largest absolute Gasteiger partial charge is 0.354 e. The van der Waals surface area contributed by atoms with Crippen LogP contribution in [-0.4, -0.2) is 33.9 Å². The summed E-state index contributed by atoms with van der Waals surface area (Å²) >= 11 is 0. The Kier molecular flexibility index (Phi) is 5.71. The van der Waals surface area contributed by atoms with Crippen LogP contribution in [0.5, 0.6) is 0 Å². The Hall–Kier alpha value is -2.95. The number of nitrogens with one attached hydrogen (secondary N) is 1. The SMILES string of the molecule is Cc1ccc2c(Nc3ccc(C(C)C)cc3)c(C(=O)N3CCC[C@H](C)C3)cnc2n1. The molecule has 30 heavy (non-hydrogen) atoms. The zero-order chi connectivity index (χ0) is 21.3. The Morgan fingerprint density at radius 1 is 1.17 bits per heavy atom. The summed E-state index contributed by atoms with van der Waals surface area (Å²) in [4.78, 5) is 24.5. The average molecular weight is 403 g/mol. The highest BCUT2D eigenvalue weighted by Gasteiger charge is 2.25. The Bertz CT molecular complexity index is 1060. The number of pyridine rings is 2. The van der Waals surface area contributed by atoms with Crippen LogP contribution in [0.2, 0.25) is 0 Å². The smallest absolute Gasteiger partial charge is 0.257 e. The van der Waals surface area contributed by atoms with Gasteiger partial charge in [0.05, 0.1) is 11.3 Å². The Balaban J connectivity index is 1.76. The lowest BCUT2D eigenvalue weighted by Gasteiger charge is -2.31. The van der Waals surface area contributed by atoms with Crippen molar-refractivity contribution >= 4 is 28.3 Å². The number of carbonyl (C=O) groups excluding carboxylic acids is 1. The molecule has 1 saturated heterocycles. The molecule has 1 N–H and O–H groups in total. The van der Waals surface area contributed by atoms with Crippen LogP contribution in [-0.2, 0) is 0 Å². The highest BCUT2D eigenvalue weighted by Crippen LogP contribution is 2.31. The topological polar surface area (TPSA) is 58.1 Å². The number of likely N-dealkylation sites (tertiary alicyclic amines) is 1. The molecule has 2 aromatic heterocycles. The third-order valence-electron chi connectivity index (χ3n) is 5.89. The van der Waals surface area contributed by atoms with Crippen LogP contribution in [0.15, 0.2) is 42.6 Å². The molecule has 4 rings (SSSR count). The first-order chi connectivity index (χ1) is 14.4. The molecule has 1 aliphatic rings. The number of benzene rings is 1. The Labute approximate surface area is 178 Å². The first-order valence-electron chi connectivity index (χ1n) is 10.8. The van der Waals surface area contributed by atoms with Crippen LogP contribution >= 0.6 is 0 Å². The fourth-order valence-corrected chi connectivity index (χ4v) is 4.11. The number of rotatable bonds is 4. The van der Waals surface area contributed by atoms with Gasteiger partial charge < -0.3 is 10.2 Å². The summed E-state index contributed by atoms with van der Waals surface area (Å²) in [6.45, 7) is 10.1. The van der Waals surface area contributed by atoms with Crippen molar-refractivity contribution < 1.29 is 4.79 Å². The van der Waals surface area contributed by atoms with Crippen molar-refractivity contribution in [2.45, 2.75) is 46.5 Å². The first kappa shape index (κ1) is 20.3. The number of aryl methyl sites for hydroxylation is 1. The van der Waals surface area contributed by atoms with E-state index >= 15 is 0 Å². The van der Waals surface area contributed by atoms with Crippen molar-refractivity contribution in [3.63, 3.8) is 0 Å². The van der Waals surface area contributed by atoms with E-state index in [4.69, 9.17) is 0 Å². The van der Waals surface area contributed by atoms with Gasteiger partial charge in [0.2, 0.25) is 0 Å². The number of anilines is 2. The predicted molar refractivity (Wildman–Crippen MR) is 122 cm³/mol. The minimum absolute atomic E-state index is 0.0397. The van der Waals surface area contributed by atoms with E-state index < -0.39 is 0 Å². The minimum atomic E-state index is 0.0397. The van der Waals surface area contributed by atoms with Gasteiger partial charge in [0.25, 0.3) is 5.91 Å². The number of nitrogens with zero attached hydrogens (tertiary/aromatic N) is 3. The molecule has 0 aliphatic carbocycles. The van der Waals surface area contributed by atoms with Gasteiger partial charge in [0.15, 0.2) is 5.65 Å². The number of fused-ring (bicyclic) bond motifs is 1. The summed E-state index contributed by atoms with van der Waals surface area (Å²) in [5.41, 5.74) is 5.19. The quantitative estimate of drug-likeness (QED) is 0.610. The summed E-state index contributed by atoms with van der Waals surface area (Å²) in [5, 5.41) is 4.37. The van der Waals surface area contributed by atoms with Crippen LogP contribution < -0.4 is 5.32 Å². The maximum atomic E-state index is 13.4. The number of amides is 1. The van der Waals surface area contributed by atoms with E-state index in [9.17, 15) is 4.79 Å². The van der Waals surface area contributed by atoms with Crippen LogP contribution in [0, 0.1) is 12.8 Å². The second-order valence-corrected chi connectivity index (χ2v) is 8.77. The van der Waals surface area contributed by atoms with Crippen LogP contribution in [0.1, 0.15) is 61.1 Å². The summed E-state index contributed by atoms with van der Waals surface area (Å²) in [5.74, 6) is 1.05. The zero-order valence-corrected chi connectivity index (χ0v) is 18.3. The molecule has 156 valence electrons. The molecule has 1 aliphatic heterocycles. The summed E-state index contributed by atoms with van der Waals surface area (Å²) in [6.07, 6.45) is 3.91. The monoisotopic (exact) mass is 402 g/mol. The lowest BCUT2D eigenvalue weighted by Crippen LogP contribution is -2.39. The fraction of sp³-hybridized carbons (Fsp3) is 0.400. The van der Waals surface area contributed by atoms with Gasteiger partial charge >= 0.3 is 0 Å². The number of hydrogen-bond acceptors (Lipinski definition) is 4. The third kappa shape index (κ3) is 4.16. The van der Waals surface area contributed by atoms with Crippen molar-refractivity contribution in [3.8, 4) is 0 Å². The molecule has 5 nitrogen and oxygen atoms in total. The molecule has 0 unspecified atom stereocenters. The van der Waals surface area contributed by atoms with Gasteiger partial charge in [0, 0.05) is 36.1 Å². The highest BCUT2D eigenvalue weighted by molar-refractivity contribution is 6.07. The zero-order valence-electron chi connectivity index (χ0n) is 18.3. The third-order valence-corrected chi connectivity index (χ3v) is 5.89.